The van der Waals surface area contributed by atoms with Crippen LogP contribution in [0.5, 0.6) is 17.2 Å². The highest BCUT2D eigenvalue weighted by Gasteiger charge is 2.45. The van der Waals surface area contributed by atoms with E-state index < -0.39 is 28.7 Å². The minimum Gasteiger partial charge on any atom is -0.507 e. The first kappa shape index (κ1) is 22.5. The number of fused-ring (bicyclic) bond motifs is 3. The number of carbonyl (C=O) groups excluding carboxylic acids is 3. The van der Waals surface area contributed by atoms with E-state index in [0.717, 1.165) is 13.1 Å². The zero-order chi connectivity index (χ0) is 24.2. The molecule has 1 fully saturated rings. The molecule has 34 heavy (non-hydrogen) atoms. The van der Waals surface area contributed by atoms with Gasteiger partial charge in [0.25, 0.3) is 0 Å². The van der Waals surface area contributed by atoms with Crippen LogP contribution in [0.15, 0.2) is 18.2 Å². The van der Waals surface area contributed by atoms with Gasteiger partial charge in [-0.25, -0.2) is 0 Å². The van der Waals surface area contributed by atoms with Crippen LogP contribution >= 0.6 is 0 Å². The molecule has 4 N–H and O–H groups in total. The number of phenols is 2. The average molecular weight is 466 g/mol. The van der Waals surface area contributed by atoms with Gasteiger partial charge in [-0.05, 0) is 18.9 Å². The predicted molar refractivity (Wildman–Crippen MR) is 121 cm³/mol. The molecule has 0 unspecified atom stereocenters. The quantitative estimate of drug-likeness (QED) is 0.407. The number of methoxy groups -OCH3 is 1. The molecule has 1 aliphatic heterocycles. The highest BCUT2D eigenvalue weighted by molar-refractivity contribution is 6.31. The van der Waals surface area contributed by atoms with Crippen molar-refractivity contribution in [1.82, 2.24) is 10.2 Å². The van der Waals surface area contributed by atoms with Crippen LogP contribution in [-0.2, 0) is 17.6 Å². The summed E-state index contributed by atoms with van der Waals surface area (Å²) in [6.45, 7) is 2.99. The number of carbonyl (C=O) groups is 3. The lowest BCUT2D eigenvalue weighted by atomic mass is 9.73. The third-order valence-electron chi connectivity index (χ3n) is 7.19. The summed E-state index contributed by atoms with van der Waals surface area (Å²) in [5.74, 6) is -2.27. The van der Waals surface area contributed by atoms with Gasteiger partial charge >= 0.3 is 0 Å². The molecular formula is C25H26N2O7. The maximum atomic E-state index is 13.3. The van der Waals surface area contributed by atoms with Gasteiger partial charge in [0, 0.05) is 49.3 Å². The molecule has 0 bridgehead atoms. The fourth-order valence-electron chi connectivity index (χ4n) is 5.28. The zero-order valence-electron chi connectivity index (χ0n) is 18.8. The molecule has 2 aliphatic carbocycles. The number of rotatable bonds is 4. The lowest BCUT2D eigenvalue weighted by molar-refractivity contribution is -0.140. The van der Waals surface area contributed by atoms with Gasteiger partial charge in [-0.15, -0.1) is 0 Å². The largest absolute Gasteiger partial charge is 0.507 e. The molecule has 9 heteroatoms. The van der Waals surface area contributed by atoms with Crippen LogP contribution in [-0.4, -0.2) is 83.0 Å². The van der Waals surface area contributed by atoms with Gasteiger partial charge in [0.1, 0.15) is 22.8 Å². The Balaban J connectivity index is 1.55. The first-order valence-corrected chi connectivity index (χ1v) is 11.3. The van der Waals surface area contributed by atoms with Crippen molar-refractivity contribution in [1.29, 1.82) is 0 Å². The Kier molecular flexibility index (Phi) is 5.43. The lowest BCUT2D eigenvalue weighted by Gasteiger charge is -2.36. The van der Waals surface area contributed by atoms with Crippen molar-refractivity contribution in [2.45, 2.75) is 24.9 Å². The van der Waals surface area contributed by atoms with Gasteiger partial charge in [0.2, 0.25) is 5.78 Å². The first-order valence-electron chi connectivity index (χ1n) is 11.3. The van der Waals surface area contributed by atoms with E-state index in [1.165, 1.54) is 13.2 Å². The van der Waals surface area contributed by atoms with E-state index in [2.05, 4.69) is 5.32 Å². The van der Waals surface area contributed by atoms with E-state index in [1.807, 2.05) is 4.90 Å². The molecule has 2 aromatic carbocycles. The zero-order valence-corrected chi connectivity index (χ0v) is 18.8. The number of benzene rings is 2. The van der Waals surface area contributed by atoms with Gasteiger partial charge in [-0.1, -0.05) is 12.1 Å². The SMILES string of the molecule is COc1cccc2c1C(=O)c1c(O)c3c(c(O)c1C2=O)C[C@@](O)(C(=O)CN1CCNCC1)CC3. The second kappa shape index (κ2) is 8.19. The van der Waals surface area contributed by atoms with E-state index in [-0.39, 0.29) is 70.7 Å². The number of aliphatic hydroxyl groups is 1. The Morgan fingerprint density at radius 1 is 1.06 bits per heavy atom. The molecule has 0 saturated carbocycles. The normalized spacial score (nSPS) is 22.1. The number of hydrogen-bond acceptors (Lipinski definition) is 9. The van der Waals surface area contributed by atoms with E-state index in [1.54, 1.807) is 12.1 Å². The van der Waals surface area contributed by atoms with Crippen LogP contribution < -0.4 is 10.1 Å². The number of piperazine rings is 1. The minimum atomic E-state index is -1.74. The Morgan fingerprint density at radius 3 is 2.44 bits per heavy atom. The molecule has 1 heterocycles. The number of nitrogens with one attached hydrogen (secondary N) is 1. The second-order valence-electron chi connectivity index (χ2n) is 9.10. The summed E-state index contributed by atoms with van der Waals surface area (Å²) in [5, 5.41) is 36.6. The molecule has 2 aromatic rings. The van der Waals surface area contributed by atoms with Crippen molar-refractivity contribution >= 4 is 17.3 Å². The van der Waals surface area contributed by atoms with Gasteiger partial charge in [-0.3, -0.25) is 19.3 Å². The molecule has 5 rings (SSSR count). The number of ketones is 3. The van der Waals surface area contributed by atoms with Crippen molar-refractivity contribution in [3.63, 3.8) is 0 Å². The molecule has 178 valence electrons. The topological polar surface area (TPSA) is 136 Å². The molecule has 1 atom stereocenters. The van der Waals surface area contributed by atoms with Crippen LogP contribution in [0.2, 0.25) is 0 Å². The summed E-state index contributed by atoms with van der Waals surface area (Å²) in [6.07, 6.45) is -0.128. The number of aromatic hydroxyl groups is 2. The maximum Gasteiger partial charge on any atom is 0.202 e. The van der Waals surface area contributed by atoms with Crippen molar-refractivity contribution in [2.75, 3.05) is 39.8 Å². The van der Waals surface area contributed by atoms with Crippen LogP contribution in [0.3, 0.4) is 0 Å². The van der Waals surface area contributed by atoms with Crippen molar-refractivity contribution in [3.05, 3.63) is 51.6 Å². The first-order chi connectivity index (χ1) is 16.3. The average Bonchev–Trinajstić information content (AvgIpc) is 2.84. The summed E-state index contributed by atoms with van der Waals surface area (Å²) in [6, 6.07) is 4.58. The monoisotopic (exact) mass is 466 g/mol. The summed E-state index contributed by atoms with van der Waals surface area (Å²) in [5.41, 5.74) is -1.81. The summed E-state index contributed by atoms with van der Waals surface area (Å²) >= 11 is 0. The van der Waals surface area contributed by atoms with Crippen molar-refractivity contribution < 1.29 is 34.4 Å². The second-order valence-corrected chi connectivity index (χ2v) is 9.10. The maximum absolute atomic E-state index is 13.3. The number of phenolic OH excluding ortho intramolecular Hbond substituents is 2. The molecule has 0 spiro atoms. The van der Waals surface area contributed by atoms with E-state index >= 15 is 0 Å². The van der Waals surface area contributed by atoms with E-state index in [4.69, 9.17) is 4.74 Å². The molecule has 0 amide bonds. The fourth-order valence-corrected chi connectivity index (χ4v) is 5.28. The predicted octanol–water partition coefficient (Wildman–Crippen LogP) is 0.576. The summed E-state index contributed by atoms with van der Waals surface area (Å²) in [7, 11) is 1.38. The molecule has 3 aliphatic rings. The Morgan fingerprint density at radius 2 is 1.74 bits per heavy atom. The third-order valence-corrected chi connectivity index (χ3v) is 7.19. The Hall–Kier alpha value is -3.27. The van der Waals surface area contributed by atoms with Gasteiger partial charge in [0.15, 0.2) is 11.6 Å². The van der Waals surface area contributed by atoms with Crippen LogP contribution in [0.1, 0.15) is 49.4 Å². The number of hydrogen-bond donors (Lipinski definition) is 4. The molecule has 9 nitrogen and oxygen atoms in total. The lowest BCUT2D eigenvalue weighted by Crippen LogP contribution is -2.52. The van der Waals surface area contributed by atoms with Gasteiger partial charge < -0.3 is 25.4 Å². The molecule has 1 saturated heterocycles. The summed E-state index contributed by atoms with van der Waals surface area (Å²) in [4.78, 5) is 41.7. The number of ether oxygens (including phenoxy) is 1. The van der Waals surface area contributed by atoms with Crippen LogP contribution in [0.25, 0.3) is 0 Å². The third kappa shape index (κ3) is 3.31. The molecule has 0 radical (unpaired) electrons. The Bertz CT molecular complexity index is 1230. The summed E-state index contributed by atoms with van der Waals surface area (Å²) < 4.78 is 5.25. The standard InChI is InChI=1S/C25H26N2O7/c1-34-16-4-2-3-14-18(16)24(32)20-19(22(14)30)23(31)15-11-25(33,6-5-13(15)21(20)29)17(28)12-27-9-7-26-8-10-27/h2-4,26,29,31,33H,5-12H2,1H3/t25-/m1/s1. The van der Waals surface area contributed by atoms with Gasteiger partial charge in [-0.2, -0.15) is 0 Å². The smallest absolute Gasteiger partial charge is 0.202 e. The minimum absolute atomic E-state index is 0.0377. The number of nitrogens with zero attached hydrogens (tertiary/aromatic N) is 1. The number of Topliss-reactive ketones (excluding diaryl/α,β-unsaturated/α-hetero) is 1. The van der Waals surface area contributed by atoms with Crippen LogP contribution in [0, 0.1) is 0 Å². The van der Waals surface area contributed by atoms with Crippen molar-refractivity contribution in [3.8, 4) is 17.2 Å². The highest BCUT2D eigenvalue weighted by atomic mass is 16.5. The van der Waals surface area contributed by atoms with Gasteiger partial charge in [0.05, 0.1) is 30.3 Å². The Labute approximate surface area is 196 Å². The van der Waals surface area contributed by atoms with E-state index in [9.17, 15) is 29.7 Å². The van der Waals surface area contributed by atoms with E-state index in [0.29, 0.717) is 13.1 Å². The molecular weight excluding hydrogens is 440 g/mol. The highest BCUT2D eigenvalue weighted by Crippen LogP contribution is 2.48. The van der Waals surface area contributed by atoms with Crippen molar-refractivity contribution in [2.24, 2.45) is 0 Å². The fraction of sp³-hybridized carbons (Fsp3) is 0.400. The molecule has 0 aromatic heterocycles. The van der Waals surface area contributed by atoms with Crippen LogP contribution in [0.4, 0.5) is 0 Å².